The summed E-state index contributed by atoms with van der Waals surface area (Å²) in [6.45, 7) is 3.09. The van der Waals surface area contributed by atoms with Crippen LogP contribution in [0, 0.1) is 12.3 Å². The van der Waals surface area contributed by atoms with Crippen molar-refractivity contribution in [2.24, 2.45) is 4.99 Å². The fourth-order valence-electron chi connectivity index (χ4n) is 2.77. The number of ether oxygens (including phenoxy) is 2. The zero-order valence-electron chi connectivity index (χ0n) is 16.0. The van der Waals surface area contributed by atoms with Crippen LogP contribution in [-0.2, 0) is 6.54 Å². The molecule has 0 aliphatic carbocycles. The van der Waals surface area contributed by atoms with Gasteiger partial charge in [-0.3, -0.25) is 4.79 Å². The Balaban J connectivity index is 1.94. The van der Waals surface area contributed by atoms with E-state index in [2.05, 4.69) is 17.8 Å². The molecule has 1 amide bonds. The van der Waals surface area contributed by atoms with Gasteiger partial charge in [0.25, 0.3) is 5.91 Å². The summed E-state index contributed by atoms with van der Waals surface area (Å²) in [6.07, 6.45) is 7.61. The number of fused-ring (bicyclic) bond motifs is 1. The minimum Gasteiger partial charge on any atom is -0.495 e. The number of nitrogens with zero attached hydrogens (tertiary/aromatic N) is 2. The molecule has 0 spiro atoms. The first-order chi connectivity index (χ1) is 13.7. The lowest BCUT2D eigenvalue weighted by Gasteiger charge is -2.06. The molecule has 3 aromatic rings. The lowest BCUT2D eigenvalue weighted by molar-refractivity contribution is 0.0998. The number of hydrogen-bond acceptors (Lipinski definition) is 4. The maximum absolute atomic E-state index is 12.7. The molecule has 0 fully saturated rings. The molecule has 0 bridgehead atoms. The van der Waals surface area contributed by atoms with Crippen LogP contribution in [0.15, 0.2) is 47.5 Å². The standard InChI is InChI=1S/C22H22N2O3S/c1-4-6-15-27-17-12-10-16(11-13-17)21(25)23-22-24(14-5-2)20-18(26-3)8-7-9-19(20)28-22/h2,7-13H,4,6,14-15H2,1,3H3. The van der Waals surface area contributed by atoms with Crippen LogP contribution < -0.4 is 14.3 Å². The predicted molar refractivity (Wildman–Crippen MR) is 112 cm³/mol. The van der Waals surface area contributed by atoms with E-state index in [0.717, 1.165) is 28.8 Å². The quantitative estimate of drug-likeness (QED) is 0.444. The third kappa shape index (κ3) is 4.26. The summed E-state index contributed by atoms with van der Waals surface area (Å²) in [5.41, 5.74) is 1.35. The van der Waals surface area contributed by atoms with Gasteiger partial charge in [-0.05, 0) is 42.8 Å². The third-order valence-corrected chi connectivity index (χ3v) is 5.24. The Morgan fingerprint density at radius 3 is 2.71 bits per heavy atom. The summed E-state index contributed by atoms with van der Waals surface area (Å²) in [4.78, 5) is 17.5. The van der Waals surface area contributed by atoms with Gasteiger partial charge in [0.15, 0.2) is 4.80 Å². The summed E-state index contributed by atoms with van der Waals surface area (Å²) in [5.74, 6) is 3.75. The fourth-order valence-corrected chi connectivity index (χ4v) is 3.81. The molecule has 0 aliphatic heterocycles. The van der Waals surface area contributed by atoms with Crippen molar-refractivity contribution >= 4 is 27.5 Å². The molecule has 1 heterocycles. The lowest BCUT2D eigenvalue weighted by atomic mass is 10.2. The Hall–Kier alpha value is -3.04. The molecule has 0 atom stereocenters. The van der Waals surface area contributed by atoms with Gasteiger partial charge in [-0.1, -0.05) is 36.7 Å². The largest absolute Gasteiger partial charge is 0.495 e. The number of thiazole rings is 1. The van der Waals surface area contributed by atoms with Crippen molar-refractivity contribution in [3.05, 3.63) is 52.8 Å². The smallest absolute Gasteiger partial charge is 0.279 e. The van der Waals surface area contributed by atoms with Gasteiger partial charge in [-0.2, -0.15) is 4.99 Å². The first kappa shape index (κ1) is 19.7. The highest BCUT2D eigenvalue weighted by atomic mass is 32.1. The van der Waals surface area contributed by atoms with E-state index in [-0.39, 0.29) is 5.91 Å². The maximum Gasteiger partial charge on any atom is 0.279 e. The molecule has 3 rings (SSSR count). The summed E-state index contributed by atoms with van der Waals surface area (Å²) in [5, 5.41) is 0. The van der Waals surface area contributed by atoms with Crippen LogP contribution in [0.3, 0.4) is 0 Å². The van der Waals surface area contributed by atoms with Crippen LogP contribution in [0.5, 0.6) is 11.5 Å². The van der Waals surface area contributed by atoms with E-state index in [4.69, 9.17) is 15.9 Å². The molecule has 0 N–H and O–H groups in total. The van der Waals surface area contributed by atoms with Crippen LogP contribution in [0.25, 0.3) is 10.2 Å². The highest BCUT2D eigenvalue weighted by Gasteiger charge is 2.12. The number of carbonyl (C=O) groups excluding carboxylic acids is 1. The molecule has 0 unspecified atom stereocenters. The highest BCUT2D eigenvalue weighted by molar-refractivity contribution is 7.16. The molecule has 0 aliphatic rings. The second kappa shape index (κ2) is 9.25. The molecular weight excluding hydrogens is 372 g/mol. The number of methoxy groups -OCH3 is 1. The van der Waals surface area contributed by atoms with Gasteiger partial charge >= 0.3 is 0 Å². The number of terminal acetylenes is 1. The van der Waals surface area contributed by atoms with E-state index in [1.165, 1.54) is 11.3 Å². The number of rotatable bonds is 7. The summed E-state index contributed by atoms with van der Waals surface area (Å²) in [7, 11) is 1.61. The molecule has 1 aromatic heterocycles. The summed E-state index contributed by atoms with van der Waals surface area (Å²) in [6, 6.07) is 12.8. The van der Waals surface area contributed by atoms with Gasteiger partial charge in [-0.25, -0.2) is 0 Å². The van der Waals surface area contributed by atoms with Gasteiger partial charge in [0, 0.05) is 5.56 Å². The number of unbranched alkanes of at least 4 members (excludes halogenated alkanes) is 1. The molecule has 0 saturated carbocycles. The van der Waals surface area contributed by atoms with Crippen molar-refractivity contribution in [1.29, 1.82) is 0 Å². The molecule has 6 heteroatoms. The first-order valence-corrected chi connectivity index (χ1v) is 9.91. The van der Waals surface area contributed by atoms with Gasteiger partial charge in [0.1, 0.15) is 17.0 Å². The minimum absolute atomic E-state index is 0.302. The summed E-state index contributed by atoms with van der Waals surface area (Å²) >= 11 is 1.41. The van der Waals surface area contributed by atoms with Crippen LogP contribution in [0.2, 0.25) is 0 Å². The number of amides is 1. The van der Waals surface area contributed by atoms with E-state index in [9.17, 15) is 4.79 Å². The molecule has 28 heavy (non-hydrogen) atoms. The molecule has 0 saturated heterocycles. The minimum atomic E-state index is -0.323. The first-order valence-electron chi connectivity index (χ1n) is 9.09. The molecule has 2 aromatic carbocycles. The Labute approximate surface area is 168 Å². The number of aromatic nitrogens is 1. The Bertz CT molecular complexity index is 1070. The predicted octanol–water partition coefficient (Wildman–Crippen LogP) is 4.26. The van der Waals surface area contributed by atoms with E-state index < -0.39 is 0 Å². The SMILES string of the molecule is C#CCn1c(=NC(=O)c2ccc(OCCCC)cc2)sc2cccc(OC)c21. The Morgan fingerprint density at radius 1 is 1.25 bits per heavy atom. The van der Waals surface area contributed by atoms with Gasteiger partial charge in [0.2, 0.25) is 0 Å². The zero-order chi connectivity index (χ0) is 19.9. The van der Waals surface area contributed by atoms with Gasteiger partial charge in [-0.15, -0.1) is 6.42 Å². The summed E-state index contributed by atoms with van der Waals surface area (Å²) < 4.78 is 13.9. The Kier molecular flexibility index (Phi) is 6.51. The van der Waals surface area contributed by atoms with Gasteiger partial charge in [0.05, 0.1) is 25.0 Å². The Morgan fingerprint density at radius 2 is 2.04 bits per heavy atom. The van der Waals surface area contributed by atoms with Crippen molar-refractivity contribution in [2.45, 2.75) is 26.3 Å². The van der Waals surface area contributed by atoms with Crippen molar-refractivity contribution in [3.8, 4) is 23.8 Å². The van der Waals surface area contributed by atoms with Crippen molar-refractivity contribution in [3.63, 3.8) is 0 Å². The average Bonchev–Trinajstić information content (AvgIpc) is 3.06. The van der Waals surface area contributed by atoms with E-state index in [0.29, 0.717) is 29.3 Å². The monoisotopic (exact) mass is 394 g/mol. The van der Waals surface area contributed by atoms with Crippen molar-refractivity contribution < 1.29 is 14.3 Å². The highest BCUT2D eigenvalue weighted by Crippen LogP contribution is 2.27. The van der Waals surface area contributed by atoms with E-state index >= 15 is 0 Å². The molecular formula is C22H22N2O3S. The molecule has 0 radical (unpaired) electrons. The molecule has 5 nitrogen and oxygen atoms in total. The van der Waals surface area contributed by atoms with Crippen molar-refractivity contribution in [1.82, 2.24) is 4.57 Å². The second-order valence-electron chi connectivity index (χ2n) is 6.13. The number of para-hydroxylation sites is 1. The van der Waals surface area contributed by atoms with Crippen LogP contribution in [0.1, 0.15) is 30.1 Å². The van der Waals surface area contributed by atoms with Gasteiger partial charge < -0.3 is 14.0 Å². The topological polar surface area (TPSA) is 52.8 Å². The van der Waals surface area contributed by atoms with Crippen LogP contribution >= 0.6 is 11.3 Å². The van der Waals surface area contributed by atoms with E-state index in [1.54, 1.807) is 31.4 Å². The maximum atomic E-state index is 12.7. The third-order valence-electron chi connectivity index (χ3n) is 4.20. The lowest BCUT2D eigenvalue weighted by Crippen LogP contribution is -2.16. The van der Waals surface area contributed by atoms with Crippen LogP contribution in [0.4, 0.5) is 0 Å². The number of benzene rings is 2. The molecule has 144 valence electrons. The zero-order valence-corrected chi connectivity index (χ0v) is 16.8. The second-order valence-corrected chi connectivity index (χ2v) is 7.13. The average molecular weight is 394 g/mol. The number of hydrogen-bond donors (Lipinski definition) is 0. The van der Waals surface area contributed by atoms with Crippen LogP contribution in [-0.4, -0.2) is 24.2 Å². The number of carbonyl (C=O) groups is 1. The van der Waals surface area contributed by atoms with Crippen molar-refractivity contribution in [2.75, 3.05) is 13.7 Å². The fraction of sp³-hybridized carbons (Fsp3) is 0.273. The van der Waals surface area contributed by atoms with E-state index in [1.807, 2.05) is 22.8 Å². The normalized spacial score (nSPS) is 11.4.